The zero-order valence-corrected chi connectivity index (χ0v) is 21.8. The molecule has 6 heteroatoms. The van der Waals surface area contributed by atoms with Crippen LogP contribution in [0.3, 0.4) is 0 Å². The Morgan fingerprint density at radius 2 is 0.968 bits per heavy atom. The van der Waals surface area contributed by atoms with Gasteiger partial charge in [0.25, 0.3) is 0 Å². The first kappa shape index (κ1) is 24.8. The molecule has 0 spiro atoms. The molecule has 2 heterocycles. The van der Waals surface area contributed by atoms with Gasteiger partial charge in [0, 0.05) is 5.72 Å². The lowest BCUT2D eigenvalue weighted by atomic mass is 9.46. The van der Waals surface area contributed by atoms with E-state index in [1.165, 1.54) is 11.1 Å². The molecule has 31 heavy (non-hydrogen) atoms. The third-order valence-corrected chi connectivity index (χ3v) is 8.05. The number of hydrogen-bond acceptors (Lipinski definition) is 4. The Hall–Kier alpha value is -0.810. The van der Waals surface area contributed by atoms with Gasteiger partial charge in [-0.25, -0.2) is 0 Å². The highest BCUT2D eigenvalue weighted by molar-refractivity contribution is 6.68. The zero-order valence-electron chi connectivity index (χ0n) is 21.8. The van der Waals surface area contributed by atoms with Crippen molar-refractivity contribution in [2.75, 3.05) is 0 Å². The second kappa shape index (κ2) is 7.62. The molecule has 172 valence electrons. The van der Waals surface area contributed by atoms with Crippen LogP contribution < -0.4 is 0 Å². The first-order valence-electron chi connectivity index (χ1n) is 11.7. The molecule has 2 aliphatic heterocycles. The normalized spacial score (nSPS) is 25.3. The number of hydrogen-bond donors (Lipinski definition) is 0. The summed E-state index contributed by atoms with van der Waals surface area (Å²) >= 11 is 0. The van der Waals surface area contributed by atoms with E-state index in [1.807, 2.05) is 0 Å². The monoisotopic (exact) mass is 428 g/mol. The number of benzene rings is 1. The summed E-state index contributed by atoms with van der Waals surface area (Å²) in [6.07, 6.45) is 0. The lowest BCUT2D eigenvalue weighted by Gasteiger charge is -2.32. The van der Waals surface area contributed by atoms with Crippen LogP contribution in [0, 0.1) is 0 Å². The summed E-state index contributed by atoms with van der Waals surface area (Å²) in [6.45, 7) is 25.7. The summed E-state index contributed by atoms with van der Waals surface area (Å²) in [7, 11) is -0.839. The summed E-state index contributed by atoms with van der Waals surface area (Å²) in [4.78, 5) is 0. The topological polar surface area (TPSA) is 36.9 Å². The fourth-order valence-corrected chi connectivity index (χ4v) is 4.20. The highest BCUT2D eigenvalue weighted by atomic mass is 16.7. The minimum absolute atomic E-state index is 0.109. The van der Waals surface area contributed by atoms with E-state index < -0.39 is 36.6 Å². The Balaban J connectivity index is 1.97. The Kier molecular flexibility index (Phi) is 6.10. The van der Waals surface area contributed by atoms with E-state index in [0.29, 0.717) is 0 Å². The smallest absolute Gasteiger partial charge is 0.403 e. The van der Waals surface area contributed by atoms with Gasteiger partial charge in [-0.05, 0) is 77.8 Å². The van der Waals surface area contributed by atoms with Gasteiger partial charge in [0.1, 0.15) is 0 Å². The maximum Gasteiger partial charge on any atom is 0.459 e. The minimum Gasteiger partial charge on any atom is -0.403 e. The fraction of sp³-hybridized carbons (Fsp3) is 0.760. The predicted octanol–water partition coefficient (Wildman–Crippen LogP) is 6.18. The molecule has 0 saturated carbocycles. The van der Waals surface area contributed by atoms with Crippen molar-refractivity contribution in [2.45, 2.75) is 123 Å². The quantitative estimate of drug-likeness (QED) is 0.537. The Bertz CT molecular complexity index is 725. The van der Waals surface area contributed by atoms with Crippen molar-refractivity contribution < 1.29 is 18.6 Å². The van der Waals surface area contributed by atoms with Crippen molar-refractivity contribution in [3.63, 3.8) is 0 Å². The van der Waals surface area contributed by atoms with Gasteiger partial charge in [0.15, 0.2) is 0 Å². The van der Waals surface area contributed by atoms with Crippen LogP contribution in [0.25, 0.3) is 0 Å². The highest BCUT2D eigenvalue weighted by Crippen LogP contribution is 2.49. The standard InChI is InChI=1S/C25H42B2O4/c1-17(18-13-15-19(16-14-18)21(2,3)4)20(26-28-22(5,6)23(7,8)29-26)27-30-24(9,10)25(11,12)31-27/h13-17,20H,1-12H3. The fourth-order valence-electron chi connectivity index (χ4n) is 4.20. The van der Waals surface area contributed by atoms with Gasteiger partial charge in [0.05, 0.1) is 22.4 Å². The molecule has 0 amide bonds. The lowest BCUT2D eigenvalue weighted by molar-refractivity contribution is 0.00578. The van der Waals surface area contributed by atoms with Gasteiger partial charge in [-0.2, -0.15) is 0 Å². The molecule has 2 fully saturated rings. The SMILES string of the molecule is CC(c1ccc(C(C)(C)C)cc1)C(B1OC(C)(C)C(C)(C)O1)B1OC(C)(C)C(C)(C)O1. The third kappa shape index (κ3) is 4.51. The van der Waals surface area contributed by atoms with Gasteiger partial charge >= 0.3 is 14.2 Å². The first-order chi connectivity index (χ1) is 13.9. The summed E-state index contributed by atoms with van der Waals surface area (Å²) in [5, 5.41) is 0. The molecule has 0 radical (unpaired) electrons. The van der Waals surface area contributed by atoms with Gasteiger partial charge in [-0.1, -0.05) is 52.0 Å². The van der Waals surface area contributed by atoms with E-state index in [-0.39, 0.29) is 17.0 Å². The van der Waals surface area contributed by atoms with Crippen molar-refractivity contribution in [3.05, 3.63) is 35.4 Å². The van der Waals surface area contributed by atoms with Gasteiger partial charge in [-0.15, -0.1) is 0 Å². The first-order valence-corrected chi connectivity index (χ1v) is 11.7. The predicted molar refractivity (Wildman–Crippen MR) is 129 cm³/mol. The summed E-state index contributed by atoms with van der Waals surface area (Å²) in [6, 6.07) is 8.93. The Morgan fingerprint density at radius 3 is 1.26 bits per heavy atom. The van der Waals surface area contributed by atoms with E-state index in [9.17, 15) is 0 Å². The summed E-state index contributed by atoms with van der Waals surface area (Å²) in [5.74, 6) is 0.124. The molecule has 4 nitrogen and oxygen atoms in total. The van der Waals surface area contributed by atoms with Gasteiger partial charge in [-0.3, -0.25) is 0 Å². The summed E-state index contributed by atoms with van der Waals surface area (Å²) < 4.78 is 26.1. The number of rotatable bonds is 4. The zero-order chi connectivity index (χ0) is 23.6. The van der Waals surface area contributed by atoms with Crippen LogP contribution in [0.15, 0.2) is 24.3 Å². The third-order valence-electron chi connectivity index (χ3n) is 8.05. The van der Waals surface area contributed by atoms with E-state index in [4.69, 9.17) is 18.6 Å². The van der Waals surface area contributed by atoms with Gasteiger partial charge < -0.3 is 18.6 Å². The molecule has 1 aromatic rings. The van der Waals surface area contributed by atoms with Crippen molar-refractivity contribution >= 4 is 14.2 Å². The van der Waals surface area contributed by atoms with Crippen LogP contribution >= 0.6 is 0 Å². The second-order valence-corrected chi connectivity index (χ2v) is 12.5. The molecule has 0 bridgehead atoms. The van der Waals surface area contributed by atoms with E-state index in [2.05, 4.69) is 107 Å². The second-order valence-electron chi connectivity index (χ2n) is 12.5. The molecule has 0 N–H and O–H groups in total. The van der Waals surface area contributed by atoms with E-state index in [1.54, 1.807) is 0 Å². The van der Waals surface area contributed by atoms with Crippen LogP contribution in [0.2, 0.25) is 5.72 Å². The van der Waals surface area contributed by atoms with E-state index >= 15 is 0 Å². The minimum atomic E-state index is -0.419. The largest absolute Gasteiger partial charge is 0.459 e. The van der Waals surface area contributed by atoms with E-state index in [0.717, 1.165) is 0 Å². The van der Waals surface area contributed by atoms with Crippen LogP contribution in [0.5, 0.6) is 0 Å². The molecule has 2 aliphatic rings. The summed E-state index contributed by atoms with van der Waals surface area (Å²) in [5.41, 5.74) is 0.949. The van der Waals surface area contributed by atoms with Crippen LogP contribution in [-0.2, 0) is 24.0 Å². The van der Waals surface area contributed by atoms with Gasteiger partial charge in [0.2, 0.25) is 0 Å². The Morgan fingerprint density at radius 1 is 0.645 bits per heavy atom. The molecular formula is C25H42B2O4. The van der Waals surface area contributed by atoms with Crippen molar-refractivity contribution in [2.24, 2.45) is 0 Å². The maximum absolute atomic E-state index is 6.51. The van der Waals surface area contributed by atoms with Crippen molar-refractivity contribution in [1.82, 2.24) is 0 Å². The molecule has 3 rings (SSSR count). The average molecular weight is 428 g/mol. The molecule has 1 atom stereocenters. The average Bonchev–Trinajstić information content (AvgIpc) is 2.93. The maximum atomic E-state index is 6.51. The lowest BCUT2D eigenvalue weighted by Crippen LogP contribution is -2.41. The van der Waals surface area contributed by atoms with Crippen molar-refractivity contribution in [1.29, 1.82) is 0 Å². The van der Waals surface area contributed by atoms with Crippen LogP contribution in [0.4, 0.5) is 0 Å². The molecule has 2 saturated heterocycles. The molecule has 0 aliphatic carbocycles. The van der Waals surface area contributed by atoms with Crippen molar-refractivity contribution in [3.8, 4) is 0 Å². The molecular weight excluding hydrogens is 386 g/mol. The van der Waals surface area contributed by atoms with Crippen LogP contribution in [-0.4, -0.2) is 36.6 Å². The van der Waals surface area contributed by atoms with Crippen LogP contribution in [0.1, 0.15) is 100 Å². The molecule has 1 unspecified atom stereocenters. The Labute approximate surface area is 191 Å². The molecule has 0 aromatic heterocycles. The highest BCUT2D eigenvalue weighted by Gasteiger charge is 2.63. The molecule has 1 aromatic carbocycles.